The Balaban J connectivity index is -0.0000000267. The first kappa shape index (κ1) is 22.5. The van der Waals surface area contributed by atoms with E-state index in [9.17, 15) is 0 Å². The third-order valence-electron chi connectivity index (χ3n) is 0. The Labute approximate surface area is 86.3 Å². The van der Waals surface area contributed by atoms with Crippen molar-refractivity contribution >= 4 is 14.5 Å². The van der Waals surface area contributed by atoms with Gasteiger partial charge in [0.25, 0.3) is 0 Å². The van der Waals surface area contributed by atoms with Gasteiger partial charge in [0.05, 0.1) is 0 Å². The fourth-order valence-electron chi connectivity index (χ4n) is 0. The van der Waals surface area contributed by atoms with E-state index in [0.717, 1.165) is 0 Å². The SMILES string of the molecule is O=[As]([O-])([O-])[O-].[Li+].[Li+].[Li+]. The molecule has 8 heteroatoms. The molecule has 0 aliphatic carbocycles. The number of hydrogen-bond acceptors (Lipinski definition) is 4. The Morgan fingerprint density at radius 1 is 0.875 bits per heavy atom. The van der Waals surface area contributed by atoms with E-state index in [1.807, 2.05) is 0 Å². The van der Waals surface area contributed by atoms with E-state index < -0.39 is 14.5 Å². The van der Waals surface area contributed by atoms with Gasteiger partial charge in [-0.3, -0.25) is 0 Å². The van der Waals surface area contributed by atoms with Crippen LogP contribution in [0, 0.1) is 0 Å². The molecular weight excluding hydrogens is 160 g/mol. The van der Waals surface area contributed by atoms with E-state index >= 15 is 0 Å². The van der Waals surface area contributed by atoms with E-state index in [1.165, 1.54) is 0 Å². The molecule has 0 aliphatic heterocycles. The molecule has 0 atom stereocenters. The fourth-order valence-corrected chi connectivity index (χ4v) is 0. The smallest absolute Gasteiger partial charge is 1.00 e. The molecule has 0 heterocycles. The second-order valence-corrected chi connectivity index (χ2v) is 2.32. The van der Waals surface area contributed by atoms with Crippen molar-refractivity contribution in [3.05, 3.63) is 0 Å². The third-order valence-corrected chi connectivity index (χ3v) is 0. The molecule has 4 nitrogen and oxygen atoms in total. The van der Waals surface area contributed by atoms with Crippen molar-refractivity contribution in [1.29, 1.82) is 0 Å². The van der Waals surface area contributed by atoms with Crippen molar-refractivity contribution in [2.75, 3.05) is 0 Å². The summed E-state index contributed by atoms with van der Waals surface area (Å²) < 4.78 is 34.4. The predicted molar refractivity (Wildman–Crippen MR) is 6.44 cm³/mol. The summed E-state index contributed by atoms with van der Waals surface area (Å²) in [5.41, 5.74) is 0. The fraction of sp³-hybridized carbons (Fsp3) is 0. The normalized spacial score (nSPS) is 7.38. The molecule has 0 N–H and O–H groups in total. The first-order chi connectivity index (χ1) is 2.00. The van der Waals surface area contributed by atoms with E-state index in [4.69, 9.17) is 16.0 Å². The summed E-state index contributed by atoms with van der Waals surface area (Å²) >= 11 is -5.88. The van der Waals surface area contributed by atoms with Crippen LogP contribution >= 0.6 is 0 Å². The summed E-state index contributed by atoms with van der Waals surface area (Å²) in [6, 6.07) is 0. The van der Waals surface area contributed by atoms with Crippen molar-refractivity contribution in [2.24, 2.45) is 0 Å². The largest absolute Gasteiger partial charge is 1.00 e. The Hall–Kier alpha value is 2.03. The summed E-state index contributed by atoms with van der Waals surface area (Å²) in [6.45, 7) is 0. The summed E-state index contributed by atoms with van der Waals surface area (Å²) in [5, 5.41) is 0. The van der Waals surface area contributed by atoms with Crippen LogP contribution in [0.4, 0.5) is 0 Å². The minimum Gasteiger partial charge on any atom is 1.00 e. The van der Waals surface area contributed by atoms with Crippen molar-refractivity contribution < 1.29 is 72.6 Å². The molecule has 0 fully saturated rings. The molecule has 0 aromatic heterocycles. The molecule has 32 valence electrons. The van der Waals surface area contributed by atoms with Gasteiger partial charge in [-0.1, -0.05) is 0 Å². The molecule has 0 aliphatic rings. The van der Waals surface area contributed by atoms with Crippen molar-refractivity contribution in [3.63, 3.8) is 0 Å². The van der Waals surface area contributed by atoms with Gasteiger partial charge in [0.1, 0.15) is 0 Å². The first-order valence-corrected chi connectivity index (χ1v) is 3.79. The van der Waals surface area contributed by atoms with Gasteiger partial charge in [0.15, 0.2) is 0 Å². The molecule has 0 unspecified atom stereocenters. The maximum Gasteiger partial charge on any atom is 1.00 e. The van der Waals surface area contributed by atoms with Gasteiger partial charge in [0.2, 0.25) is 0 Å². The third kappa shape index (κ3) is 96.3. The average molecular weight is 160 g/mol. The van der Waals surface area contributed by atoms with Crippen molar-refractivity contribution in [3.8, 4) is 0 Å². The molecule has 0 radical (unpaired) electrons. The molecule has 0 spiro atoms. The van der Waals surface area contributed by atoms with Crippen LogP contribution in [0.3, 0.4) is 0 Å². The maximum atomic E-state index is 8.61. The molecule has 0 bridgehead atoms. The van der Waals surface area contributed by atoms with Gasteiger partial charge in [-0.05, 0) is 0 Å². The van der Waals surface area contributed by atoms with E-state index in [0.29, 0.717) is 0 Å². The minimum absolute atomic E-state index is 0. The second-order valence-electron chi connectivity index (χ2n) is 0.447. The Bertz CT molecular complexity index is 57.4. The molecule has 0 rings (SSSR count). The van der Waals surface area contributed by atoms with Gasteiger partial charge in [0, 0.05) is 0 Å². The van der Waals surface area contributed by atoms with Crippen LogP contribution in [0.5, 0.6) is 0 Å². The van der Waals surface area contributed by atoms with Crippen LogP contribution in [-0.4, -0.2) is 14.5 Å². The van der Waals surface area contributed by atoms with E-state index in [2.05, 4.69) is 0 Å². The molecule has 0 aromatic rings. The Kier molecular flexibility index (Phi) is 25.4. The monoisotopic (exact) mass is 160 g/mol. The molecule has 0 aromatic carbocycles. The van der Waals surface area contributed by atoms with Crippen molar-refractivity contribution in [2.45, 2.75) is 0 Å². The maximum absolute atomic E-state index is 8.61. The second kappa shape index (κ2) is 9.03. The van der Waals surface area contributed by atoms with Crippen LogP contribution in [0.25, 0.3) is 0 Å². The van der Waals surface area contributed by atoms with Gasteiger partial charge < -0.3 is 0 Å². The van der Waals surface area contributed by atoms with Crippen LogP contribution in [-0.2, 0) is 3.74 Å². The summed E-state index contributed by atoms with van der Waals surface area (Å²) in [6.07, 6.45) is 0. The van der Waals surface area contributed by atoms with Crippen LogP contribution < -0.4 is 68.9 Å². The Morgan fingerprint density at radius 2 is 0.875 bits per heavy atom. The van der Waals surface area contributed by atoms with Gasteiger partial charge in [-0.15, -0.1) is 0 Å². The van der Waals surface area contributed by atoms with Gasteiger partial charge >= 0.3 is 87.1 Å². The molecule has 0 amide bonds. The Morgan fingerprint density at radius 3 is 0.875 bits per heavy atom. The quantitative estimate of drug-likeness (QED) is 0.329. The first-order valence-electron chi connectivity index (χ1n) is 0.730. The number of hydrogen-bond donors (Lipinski definition) is 0. The summed E-state index contributed by atoms with van der Waals surface area (Å²) in [5.74, 6) is 0. The molecule has 8 heavy (non-hydrogen) atoms. The van der Waals surface area contributed by atoms with Gasteiger partial charge in [-0.2, -0.15) is 0 Å². The summed E-state index contributed by atoms with van der Waals surface area (Å²) in [4.78, 5) is 0. The standard InChI is InChI=1S/AsH3O4.3Li/c2-1(3,4)5;;;/h(H3,2,3,4,5);;;/q;3*+1/p-3. The summed E-state index contributed by atoms with van der Waals surface area (Å²) in [7, 11) is 0. The zero-order valence-corrected chi connectivity index (χ0v) is 6.96. The zero-order chi connectivity index (χ0) is 4.50. The minimum atomic E-state index is -5.88. The van der Waals surface area contributed by atoms with Crippen molar-refractivity contribution in [1.82, 2.24) is 0 Å². The molecule has 0 saturated heterocycles. The average Bonchev–Trinajstić information content (AvgIpc) is 0.722. The molecule has 0 saturated carbocycles. The van der Waals surface area contributed by atoms with Crippen LogP contribution in [0.1, 0.15) is 0 Å². The predicted octanol–water partition coefficient (Wildman–Crippen LogP) is -13.1. The van der Waals surface area contributed by atoms with Crippen LogP contribution in [0.2, 0.25) is 0 Å². The topological polar surface area (TPSA) is 86.2 Å². The molecular formula is AsLi3O4. The number of rotatable bonds is 0. The van der Waals surface area contributed by atoms with Crippen LogP contribution in [0.15, 0.2) is 0 Å². The van der Waals surface area contributed by atoms with E-state index in [1.54, 1.807) is 0 Å². The zero-order valence-electron chi connectivity index (χ0n) is 5.08. The van der Waals surface area contributed by atoms with Gasteiger partial charge in [-0.25, -0.2) is 0 Å². The van der Waals surface area contributed by atoms with E-state index in [-0.39, 0.29) is 56.6 Å².